The van der Waals surface area contributed by atoms with Gasteiger partial charge in [0, 0.05) is 26.2 Å². The molecule has 0 radical (unpaired) electrons. The molecule has 1 aliphatic heterocycles. The zero-order valence-electron chi connectivity index (χ0n) is 15.5. The Balaban J connectivity index is 1.61. The predicted molar refractivity (Wildman–Crippen MR) is 109 cm³/mol. The lowest BCUT2D eigenvalue weighted by atomic mass is 10.1. The first-order valence-corrected chi connectivity index (χ1v) is 9.61. The van der Waals surface area contributed by atoms with Gasteiger partial charge in [-0.05, 0) is 31.1 Å². The molecule has 3 rings (SSSR count). The lowest BCUT2D eigenvalue weighted by Crippen LogP contribution is -2.42. The van der Waals surface area contributed by atoms with Crippen LogP contribution in [0.3, 0.4) is 0 Å². The van der Waals surface area contributed by atoms with E-state index in [1.165, 1.54) is 5.56 Å². The van der Waals surface area contributed by atoms with Crippen LogP contribution in [0.1, 0.15) is 23.0 Å². The van der Waals surface area contributed by atoms with Gasteiger partial charge in [0.2, 0.25) is 0 Å². The Kier molecular flexibility index (Phi) is 6.78. The van der Waals surface area contributed by atoms with Gasteiger partial charge in [-0.25, -0.2) is 0 Å². The standard InChI is InChI=1S/C19H25N5O2S/c1-2-24-17(18(25)23-10-12-26-13-11-23)16(14-21-24)22-19(27)20-9-8-15-6-4-3-5-7-15/h3-7,14H,2,8-13H2,1H3,(H2,20,22,27). The highest BCUT2D eigenvalue weighted by Crippen LogP contribution is 2.18. The number of amides is 1. The van der Waals surface area contributed by atoms with Gasteiger partial charge < -0.3 is 20.3 Å². The molecular formula is C19H25N5O2S. The summed E-state index contributed by atoms with van der Waals surface area (Å²) in [6, 6.07) is 10.2. The summed E-state index contributed by atoms with van der Waals surface area (Å²) in [4.78, 5) is 14.7. The van der Waals surface area contributed by atoms with E-state index in [2.05, 4.69) is 27.9 Å². The maximum Gasteiger partial charge on any atom is 0.274 e. The first kappa shape index (κ1) is 19.3. The number of carbonyl (C=O) groups excluding carboxylic acids is 1. The number of thiocarbonyl (C=S) groups is 1. The zero-order valence-corrected chi connectivity index (χ0v) is 16.3. The minimum Gasteiger partial charge on any atom is -0.378 e. The van der Waals surface area contributed by atoms with Gasteiger partial charge in [0.25, 0.3) is 5.91 Å². The largest absolute Gasteiger partial charge is 0.378 e. The molecule has 8 heteroatoms. The van der Waals surface area contributed by atoms with Crippen LogP contribution in [0.4, 0.5) is 5.69 Å². The fourth-order valence-electron chi connectivity index (χ4n) is 2.99. The molecule has 0 saturated carbocycles. The number of rotatable bonds is 6. The monoisotopic (exact) mass is 387 g/mol. The van der Waals surface area contributed by atoms with Crippen LogP contribution in [0.25, 0.3) is 0 Å². The molecule has 2 aromatic rings. The van der Waals surface area contributed by atoms with Crippen LogP contribution in [0.2, 0.25) is 0 Å². The number of morpholine rings is 1. The van der Waals surface area contributed by atoms with E-state index >= 15 is 0 Å². The van der Waals surface area contributed by atoms with Crippen LogP contribution >= 0.6 is 12.2 Å². The Morgan fingerprint density at radius 1 is 1.26 bits per heavy atom. The maximum absolute atomic E-state index is 12.9. The van der Waals surface area contributed by atoms with E-state index in [9.17, 15) is 4.79 Å². The van der Waals surface area contributed by atoms with E-state index in [-0.39, 0.29) is 5.91 Å². The summed E-state index contributed by atoms with van der Waals surface area (Å²) in [5, 5.41) is 11.1. The summed E-state index contributed by atoms with van der Waals surface area (Å²) >= 11 is 5.40. The minimum absolute atomic E-state index is 0.0489. The second-order valence-electron chi connectivity index (χ2n) is 6.24. The average molecular weight is 388 g/mol. The van der Waals surface area contributed by atoms with Crippen molar-refractivity contribution in [1.82, 2.24) is 20.0 Å². The van der Waals surface area contributed by atoms with Crippen LogP contribution in [-0.4, -0.2) is 58.5 Å². The molecule has 0 atom stereocenters. The normalized spacial score (nSPS) is 14.0. The summed E-state index contributed by atoms with van der Waals surface area (Å²) in [7, 11) is 0. The number of nitrogens with zero attached hydrogens (tertiary/aromatic N) is 3. The van der Waals surface area contributed by atoms with Crippen LogP contribution < -0.4 is 10.6 Å². The molecule has 27 heavy (non-hydrogen) atoms. The molecule has 0 spiro atoms. The van der Waals surface area contributed by atoms with Gasteiger partial charge in [0.1, 0.15) is 5.69 Å². The third-order valence-corrected chi connectivity index (χ3v) is 4.68. The van der Waals surface area contributed by atoms with Crippen molar-refractivity contribution in [3.63, 3.8) is 0 Å². The molecule has 0 bridgehead atoms. The highest BCUT2D eigenvalue weighted by atomic mass is 32.1. The molecule has 144 valence electrons. The molecule has 1 aliphatic rings. The van der Waals surface area contributed by atoms with Crippen molar-refractivity contribution in [3.8, 4) is 0 Å². The Morgan fingerprint density at radius 3 is 2.70 bits per heavy atom. The number of hydrogen-bond donors (Lipinski definition) is 2. The Hall–Kier alpha value is -2.45. The van der Waals surface area contributed by atoms with Gasteiger partial charge in [-0.1, -0.05) is 30.3 Å². The lowest BCUT2D eigenvalue weighted by Gasteiger charge is -2.27. The quantitative estimate of drug-likeness (QED) is 0.738. The van der Waals surface area contributed by atoms with Crippen molar-refractivity contribution in [3.05, 3.63) is 47.8 Å². The maximum atomic E-state index is 12.9. The lowest BCUT2D eigenvalue weighted by molar-refractivity contribution is 0.0295. The number of nitrogens with one attached hydrogen (secondary N) is 2. The molecule has 1 amide bonds. The summed E-state index contributed by atoms with van der Waals surface area (Å²) < 4.78 is 7.04. The smallest absolute Gasteiger partial charge is 0.274 e. The molecule has 1 aromatic heterocycles. The van der Waals surface area contributed by atoms with Crippen molar-refractivity contribution in [2.24, 2.45) is 0 Å². The number of benzene rings is 1. The summed E-state index contributed by atoms with van der Waals surface area (Å²) in [5.74, 6) is -0.0489. The molecule has 1 aromatic carbocycles. The third-order valence-electron chi connectivity index (χ3n) is 4.43. The molecule has 2 N–H and O–H groups in total. The first-order chi connectivity index (χ1) is 13.2. The second-order valence-corrected chi connectivity index (χ2v) is 6.65. The number of hydrogen-bond acceptors (Lipinski definition) is 4. The molecular weight excluding hydrogens is 362 g/mol. The van der Waals surface area contributed by atoms with Gasteiger partial charge in [-0.2, -0.15) is 5.10 Å². The number of aryl methyl sites for hydroxylation is 1. The van der Waals surface area contributed by atoms with Gasteiger partial charge in [-0.15, -0.1) is 0 Å². The van der Waals surface area contributed by atoms with Gasteiger partial charge >= 0.3 is 0 Å². The van der Waals surface area contributed by atoms with Crippen LogP contribution in [0, 0.1) is 0 Å². The minimum atomic E-state index is -0.0489. The van der Waals surface area contributed by atoms with Crippen molar-refractivity contribution >= 4 is 28.9 Å². The molecule has 0 unspecified atom stereocenters. The van der Waals surface area contributed by atoms with E-state index in [4.69, 9.17) is 17.0 Å². The molecule has 1 fully saturated rings. The summed E-state index contributed by atoms with van der Waals surface area (Å²) in [6.45, 7) is 5.59. The zero-order chi connectivity index (χ0) is 19.1. The van der Waals surface area contributed by atoms with E-state index < -0.39 is 0 Å². The third kappa shape index (κ3) is 5.05. The highest BCUT2D eigenvalue weighted by molar-refractivity contribution is 7.80. The van der Waals surface area contributed by atoms with Crippen molar-refractivity contribution in [1.29, 1.82) is 0 Å². The van der Waals surface area contributed by atoms with E-state index in [1.54, 1.807) is 15.8 Å². The molecule has 1 saturated heterocycles. The van der Waals surface area contributed by atoms with E-state index in [0.29, 0.717) is 55.9 Å². The number of anilines is 1. The topological polar surface area (TPSA) is 71.4 Å². The van der Waals surface area contributed by atoms with Crippen molar-refractivity contribution < 1.29 is 9.53 Å². The fourth-order valence-corrected chi connectivity index (χ4v) is 3.20. The number of aromatic nitrogens is 2. The summed E-state index contributed by atoms with van der Waals surface area (Å²) in [6.07, 6.45) is 2.53. The van der Waals surface area contributed by atoms with Crippen LogP contribution in [0.5, 0.6) is 0 Å². The Bertz CT molecular complexity index is 772. The summed E-state index contributed by atoms with van der Waals surface area (Å²) in [5.41, 5.74) is 2.41. The first-order valence-electron chi connectivity index (χ1n) is 9.20. The van der Waals surface area contributed by atoms with Crippen molar-refractivity contribution in [2.75, 3.05) is 38.2 Å². The molecule has 2 heterocycles. The number of carbonyl (C=O) groups is 1. The Morgan fingerprint density at radius 2 is 2.00 bits per heavy atom. The second kappa shape index (κ2) is 9.48. The van der Waals surface area contributed by atoms with Crippen LogP contribution in [0.15, 0.2) is 36.5 Å². The molecule has 7 nitrogen and oxygen atoms in total. The highest BCUT2D eigenvalue weighted by Gasteiger charge is 2.25. The van der Waals surface area contributed by atoms with Gasteiger partial charge in [0.05, 0.1) is 25.1 Å². The number of ether oxygens (including phenoxy) is 1. The fraction of sp³-hybridized carbons (Fsp3) is 0.421. The van der Waals surface area contributed by atoms with E-state index in [1.807, 2.05) is 25.1 Å². The predicted octanol–water partition coefficient (Wildman–Crippen LogP) is 1.90. The van der Waals surface area contributed by atoms with Gasteiger partial charge in [-0.3, -0.25) is 9.48 Å². The molecule has 0 aliphatic carbocycles. The van der Waals surface area contributed by atoms with Crippen LogP contribution in [-0.2, 0) is 17.7 Å². The Labute approximate surface area is 164 Å². The van der Waals surface area contributed by atoms with Gasteiger partial charge in [0.15, 0.2) is 5.11 Å². The van der Waals surface area contributed by atoms with E-state index in [0.717, 1.165) is 6.42 Å². The SMILES string of the molecule is CCn1ncc(NC(=S)NCCc2ccccc2)c1C(=O)N1CCOCC1. The van der Waals surface area contributed by atoms with Crippen molar-refractivity contribution in [2.45, 2.75) is 19.9 Å². The average Bonchev–Trinajstić information content (AvgIpc) is 3.11.